The van der Waals surface area contributed by atoms with Crippen LogP contribution in [-0.4, -0.2) is 30.8 Å². The third-order valence-corrected chi connectivity index (χ3v) is 4.82. The zero-order valence-electron chi connectivity index (χ0n) is 13.9. The van der Waals surface area contributed by atoms with Gasteiger partial charge in [0.05, 0.1) is 10.3 Å². The van der Waals surface area contributed by atoms with Gasteiger partial charge < -0.3 is 15.4 Å². The normalized spacial score (nSPS) is 11.6. The standard InChI is InChI=1S/C18H19ClN2O3S/c1-12(25-16-9-4-3-8-15(16)19)18(23)21-14-7-5-6-13(10-14)20-17(22)11-24-2/h3-10,12H,11H2,1-2H3,(H,20,22)(H,21,23). The maximum Gasteiger partial charge on any atom is 0.250 e. The molecule has 25 heavy (non-hydrogen) atoms. The lowest BCUT2D eigenvalue weighted by Gasteiger charge is -2.13. The minimum Gasteiger partial charge on any atom is -0.375 e. The van der Waals surface area contributed by atoms with Gasteiger partial charge in [-0.3, -0.25) is 9.59 Å². The summed E-state index contributed by atoms with van der Waals surface area (Å²) in [4.78, 5) is 24.8. The van der Waals surface area contributed by atoms with Gasteiger partial charge in [-0.2, -0.15) is 0 Å². The SMILES string of the molecule is COCC(=O)Nc1cccc(NC(=O)C(C)Sc2ccccc2Cl)c1. The van der Waals surface area contributed by atoms with E-state index >= 15 is 0 Å². The molecule has 0 saturated carbocycles. The van der Waals surface area contributed by atoms with Crippen molar-refractivity contribution < 1.29 is 14.3 Å². The van der Waals surface area contributed by atoms with Crippen LogP contribution >= 0.6 is 23.4 Å². The Balaban J connectivity index is 1.97. The highest BCUT2D eigenvalue weighted by Crippen LogP contribution is 2.30. The number of hydrogen-bond acceptors (Lipinski definition) is 4. The molecule has 1 unspecified atom stereocenters. The molecular weight excluding hydrogens is 360 g/mol. The Bertz CT molecular complexity index is 755. The van der Waals surface area contributed by atoms with Crippen LogP contribution in [0.4, 0.5) is 11.4 Å². The van der Waals surface area contributed by atoms with Crippen molar-refractivity contribution in [3.05, 3.63) is 53.6 Å². The Hall–Kier alpha value is -2.02. The van der Waals surface area contributed by atoms with E-state index in [-0.39, 0.29) is 23.7 Å². The molecule has 0 aliphatic heterocycles. The number of benzene rings is 2. The molecule has 0 heterocycles. The molecule has 7 heteroatoms. The van der Waals surface area contributed by atoms with Gasteiger partial charge in [-0.05, 0) is 37.3 Å². The zero-order valence-corrected chi connectivity index (χ0v) is 15.5. The van der Waals surface area contributed by atoms with E-state index in [0.717, 1.165) is 4.90 Å². The molecule has 1 atom stereocenters. The van der Waals surface area contributed by atoms with Crippen LogP contribution in [0.3, 0.4) is 0 Å². The number of amides is 2. The first-order valence-electron chi connectivity index (χ1n) is 7.60. The highest BCUT2D eigenvalue weighted by Gasteiger charge is 2.16. The molecule has 0 fully saturated rings. The van der Waals surface area contributed by atoms with E-state index in [1.54, 1.807) is 30.3 Å². The highest BCUT2D eigenvalue weighted by molar-refractivity contribution is 8.00. The van der Waals surface area contributed by atoms with Gasteiger partial charge >= 0.3 is 0 Å². The molecule has 0 bridgehead atoms. The van der Waals surface area contributed by atoms with Crippen LogP contribution in [0, 0.1) is 0 Å². The third-order valence-electron chi connectivity index (χ3n) is 3.20. The molecule has 0 aliphatic rings. The second kappa shape index (κ2) is 9.46. The van der Waals surface area contributed by atoms with E-state index in [1.807, 2.05) is 25.1 Å². The highest BCUT2D eigenvalue weighted by atomic mass is 35.5. The van der Waals surface area contributed by atoms with Crippen LogP contribution in [0.2, 0.25) is 5.02 Å². The number of methoxy groups -OCH3 is 1. The number of rotatable bonds is 7. The van der Waals surface area contributed by atoms with Gasteiger partial charge in [-0.15, -0.1) is 11.8 Å². The smallest absolute Gasteiger partial charge is 0.250 e. The topological polar surface area (TPSA) is 67.4 Å². The molecule has 2 N–H and O–H groups in total. The minimum atomic E-state index is -0.327. The largest absolute Gasteiger partial charge is 0.375 e. The van der Waals surface area contributed by atoms with Gasteiger partial charge in [0.15, 0.2) is 0 Å². The molecular formula is C18H19ClN2O3S. The summed E-state index contributed by atoms with van der Waals surface area (Å²) in [6.45, 7) is 1.79. The van der Waals surface area contributed by atoms with Crippen molar-refractivity contribution in [2.75, 3.05) is 24.4 Å². The number of thioether (sulfide) groups is 1. The number of ether oxygens (including phenoxy) is 1. The molecule has 0 radical (unpaired) electrons. The molecule has 2 rings (SSSR count). The lowest BCUT2D eigenvalue weighted by atomic mass is 10.2. The summed E-state index contributed by atoms with van der Waals surface area (Å²) in [5.74, 6) is -0.404. The summed E-state index contributed by atoms with van der Waals surface area (Å²) in [6.07, 6.45) is 0. The lowest BCUT2D eigenvalue weighted by molar-refractivity contribution is -0.119. The van der Waals surface area contributed by atoms with Crippen LogP contribution < -0.4 is 10.6 Å². The van der Waals surface area contributed by atoms with E-state index in [4.69, 9.17) is 16.3 Å². The molecule has 2 amide bonds. The quantitative estimate of drug-likeness (QED) is 0.713. The van der Waals surface area contributed by atoms with E-state index in [2.05, 4.69) is 10.6 Å². The Morgan fingerprint density at radius 2 is 1.80 bits per heavy atom. The predicted octanol–water partition coefficient (Wildman–Crippen LogP) is 4.04. The fraction of sp³-hybridized carbons (Fsp3) is 0.222. The van der Waals surface area contributed by atoms with E-state index in [0.29, 0.717) is 16.4 Å². The minimum absolute atomic E-state index is 0.0257. The number of carbonyl (C=O) groups is 2. The van der Waals surface area contributed by atoms with E-state index in [1.165, 1.54) is 18.9 Å². The number of halogens is 1. The zero-order chi connectivity index (χ0) is 18.2. The summed E-state index contributed by atoms with van der Waals surface area (Å²) in [6, 6.07) is 14.3. The summed E-state index contributed by atoms with van der Waals surface area (Å²) < 4.78 is 4.77. The monoisotopic (exact) mass is 378 g/mol. The first-order chi connectivity index (χ1) is 12.0. The van der Waals surface area contributed by atoms with Gasteiger partial charge in [-0.1, -0.05) is 29.8 Å². The van der Waals surface area contributed by atoms with Gasteiger partial charge in [0.25, 0.3) is 0 Å². The van der Waals surface area contributed by atoms with Crippen molar-refractivity contribution in [3.63, 3.8) is 0 Å². The fourth-order valence-electron chi connectivity index (χ4n) is 2.03. The van der Waals surface area contributed by atoms with E-state index in [9.17, 15) is 9.59 Å². The van der Waals surface area contributed by atoms with Gasteiger partial charge in [0.1, 0.15) is 6.61 Å². The van der Waals surface area contributed by atoms with Crippen molar-refractivity contribution >= 4 is 46.6 Å². The second-order valence-corrected chi connectivity index (χ2v) is 7.03. The second-order valence-electron chi connectivity index (χ2n) is 5.24. The first kappa shape index (κ1) is 19.3. The first-order valence-corrected chi connectivity index (χ1v) is 8.86. The molecule has 0 aliphatic carbocycles. The Labute approximate surface area is 156 Å². The van der Waals surface area contributed by atoms with Gasteiger partial charge in [0.2, 0.25) is 11.8 Å². The van der Waals surface area contributed by atoms with Crippen molar-refractivity contribution in [1.29, 1.82) is 0 Å². The third kappa shape index (κ3) is 6.08. The molecule has 0 spiro atoms. The van der Waals surface area contributed by atoms with Crippen LogP contribution in [-0.2, 0) is 14.3 Å². The molecule has 132 valence electrons. The summed E-state index contributed by atoms with van der Waals surface area (Å²) in [5, 5.41) is 5.83. The molecule has 0 saturated heterocycles. The number of anilines is 2. The van der Waals surface area contributed by atoms with E-state index < -0.39 is 0 Å². The van der Waals surface area contributed by atoms with Crippen LogP contribution in [0.15, 0.2) is 53.4 Å². The van der Waals surface area contributed by atoms with Crippen LogP contribution in [0.1, 0.15) is 6.92 Å². The van der Waals surface area contributed by atoms with Crippen molar-refractivity contribution in [2.45, 2.75) is 17.1 Å². The van der Waals surface area contributed by atoms with Crippen molar-refractivity contribution in [2.24, 2.45) is 0 Å². The van der Waals surface area contributed by atoms with Gasteiger partial charge in [-0.25, -0.2) is 0 Å². The fourth-order valence-corrected chi connectivity index (χ4v) is 3.19. The lowest BCUT2D eigenvalue weighted by Crippen LogP contribution is -2.22. The summed E-state index contributed by atoms with van der Waals surface area (Å²) in [5.41, 5.74) is 1.19. The Morgan fingerprint density at radius 3 is 2.48 bits per heavy atom. The van der Waals surface area contributed by atoms with Gasteiger partial charge in [0, 0.05) is 23.4 Å². The Morgan fingerprint density at radius 1 is 1.12 bits per heavy atom. The van der Waals surface area contributed by atoms with Crippen molar-refractivity contribution in [3.8, 4) is 0 Å². The summed E-state index contributed by atoms with van der Waals surface area (Å²) >= 11 is 7.51. The molecule has 5 nitrogen and oxygen atoms in total. The molecule has 2 aromatic rings. The average Bonchev–Trinajstić information content (AvgIpc) is 2.57. The Kier molecular flexibility index (Phi) is 7.31. The average molecular weight is 379 g/mol. The number of hydrogen-bond donors (Lipinski definition) is 2. The maximum atomic E-state index is 12.4. The number of carbonyl (C=O) groups excluding carboxylic acids is 2. The molecule has 2 aromatic carbocycles. The predicted molar refractivity (Wildman–Crippen MR) is 102 cm³/mol. The van der Waals surface area contributed by atoms with Crippen molar-refractivity contribution in [1.82, 2.24) is 0 Å². The number of nitrogens with one attached hydrogen (secondary N) is 2. The summed E-state index contributed by atoms with van der Waals surface area (Å²) in [7, 11) is 1.45. The molecule has 0 aromatic heterocycles. The van der Waals surface area contributed by atoms with Crippen LogP contribution in [0.5, 0.6) is 0 Å². The maximum absolute atomic E-state index is 12.4. The van der Waals surface area contributed by atoms with Crippen LogP contribution in [0.25, 0.3) is 0 Å².